The van der Waals surface area contributed by atoms with Crippen LogP contribution in [0, 0.1) is 0 Å². The summed E-state index contributed by atoms with van der Waals surface area (Å²) in [6, 6.07) is 0. The van der Waals surface area contributed by atoms with Crippen LogP contribution in [0.5, 0.6) is 0 Å². The minimum atomic E-state index is -0.822. The number of allylic oxidation sites excluding steroid dienone is 22. The van der Waals surface area contributed by atoms with E-state index in [9.17, 15) is 14.4 Å². The summed E-state index contributed by atoms with van der Waals surface area (Å²) in [4.78, 5) is 37.8. The molecule has 352 valence electrons. The van der Waals surface area contributed by atoms with Gasteiger partial charge in [0.05, 0.1) is 0 Å². The van der Waals surface area contributed by atoms with Crippen LogP contribution in [0.4, 0.5) is 0 Å². The molecule has 0 aromatic carbocycles. The first-order valence-corrected chi connectivity index (χ1v) is 24.8. The van der Waals surface area contributed by atoms with Crippen molar-refractivity contribution in [1.82, 2.24) is 0 Å². The van der Waals surface area contributed by atoms with Crippen molar-refractivity contribution in [3.05, 3.63) is 134 Å². The Morgan fingerprint density at radius 1 is 0.349 bits per heavy atom. The maximum atomic E-state index is 12.8. The third kappa shape index (κ3) is 48.4. The standard InChI is InChI=1S/C57H88O6/c1-4-7-10-13-16-19-21-23-25-27-28-30-31-33-35-38-41-44-47-50-56(59)62-53-54(52-61-55(58)49-46-43-40-37-18-15-12-9-6-3)63-57(60)51-48-45-42-39-36-34-32-29-26-24-22-20-17-14-11-8-5-2/h7-8,10-11,14,16-17,19-20,22-26,28-30,32,34,36-37,40,54H,4-6,9,12-13,15,18,21,27,31,33,35,38-39,41-53H2,1-3H3/b10-7-,11-8-,17-14-,19-16-,22-20-,25-23-,26-24-,30-28-,32-29+,36-34-,40-37-. The number of esters is 3. The first kappa shape index (κ1) is 58.6. The number of hydrogen-bond donors (Lipinski definition) is 0. The van der Waals surface area contributed by atoms with Crippen molar-refractivity contribution in [3.63, 3.8) is 0 Å². The summed E-state index contributed by atoms with van der Waals surface area (Å²) in [6.07, 6.45) is 70.1. The molecule has 0 saturated heterocycles. The second-order valence-corrected chi connectivity index (χ2v) is 15.8. The first-order chi connectivity index (χ1) is 31.0. The van der Waals surface area contributed by atoms with E-state index in [2.05, 4.69) is 93.7 Å². The fourth-order valence-corrected chi connectivity index (χ4v) is 6.11. The molecule has 0 bridgehead atoms. The molecule has 1 unspecified atom stereocenters. The summed E-state index contributed by atoms with van der Waals surface area (Å²) in [7, 11) is 0. The van der Waals surface area contributed by atoms with Crippen molar-refractivity contribution in [3.8, 4) is 0 Å². The Morgan fingerprint density at radius 2 is 0.714 bits per heavy atom. The van der Waals surface area contributed by atoms with Crippen molar-refractivity contribution >= 4 is 17.9 Å². The van der Waals surface area contributed by atoms with Crippen LogP contribution < -0.4 is 0 Å². The Balaban J connectivity index is 4.50. The summed E-state index contributed by atoms with van der Waals surface area (Å²) < 4.78 is 16.7. The van der Waals surface area contributed by atoms with Crippen molar-refractivity contribution < 1.29 is 28.6 Å². The van der Waals surface area contributed by atoms with Gasteiger partial charge in [-0.3, -0.25) is 14.4 Å². The van der Waals surface area contributed by atoms with E-state index in [4.69, 9.17) is 14.2 Å². The van der Waals surface area contributed by atoms with E-state index in [1.807, 2.05) is 60.8 Å². The monoisotopic (exact) mass is 869 g/mol. The molecule has 0 amide bonds. The SMILES string of the molecule is CC\C=C/C=C\C=C/C=C\C=C\C=C/CCCCCC(=O)OC(COC(=O)CCC/C=C\CCCCCC)COC(=O)CCCCCCCC/C=C\C/C=C\C/C=C\C/C=C\CC. The molecule has 6 nitrogen and oxygen atoms in total. The normalized spacial score (nSPS) is 13.3. The van der Waals surface area contributed by atoms with Gasteiger partial charge >= 0.3 is 17.9 Å². The maximum Gasteiger partial charge on any atom is 0.306 e. The van der Waals surface area contributed by atoms with Crippen molar-refractivity contribution in [2.45, 2.75) is 194 Å². The van der Waals surface area contributed by atoms with Crippen LogP contribution in [-0.2, 0) is 28.6 Å². The highest BCUT2D eigenvalue weighted by Crippen LogP contribution is 2.12. The molecule has 0 saturated carbocycles. The number of carbonyl (C=O) groups excluding carboxylic acids is 3. The zero-order valence-electron chi connectivity index (χ0n) is 40.0. The lowest BCUT2D eigenvalue weighted by Gasteiger charge is -2.18. The predicted molar refractivity (Wildman–Crippen MR) is 269 cm³/mol. The number of carbonyl (C=O) groups is 3. The quantitative estimate of drug-likeness (QED) is 0.0200. The minimum absolute atomic E-state index is 0.118. The van der Waals surface area contributed by atoms with Gasteiger partial charge in [-0.1, -0.05) is 206 Å². The molecule has 0 N–H and O–H groups in total. The van der Waals surface area contributed by atoms with Crippen LogP contribution in [0.3, 0.4) is 0 Å². The van der Waals surface area contributed by atoms with Crippen molar-refractivity contribution in [2.24, 2.45) is 0 Å². The van der Waals surface area contributed by atoms with Gasteiger partial charge in [-0.15, -0.1) is 0 Å². The van der Waals surface area contributed by atoms with Gasteiger partial charge in [-0.2, -0.15) is 0 Å². The van der Waals surface area contributed by atoms with Crippen LogP contribution in [0.1, 0.15) is 188 Å². The molecule has 6 heteroatoms. The zero-order valence-corrected chi connectivity index (χ0v) is 40.0. The molecule has 63 heavy (non-hydrogen) atoms. The highest BCUT2D eigenvalue weighted by atomic mass is 16.6. The van der Waals surface area contributed by atoms with Crippen LogP contribution in [0.25, 0.3) is 0 Å². The third-order valence-electron chi connectivity index (χ3n) is 9.78. The van der Waals surface area contributed by atoms with Crippen molar-refractivity contribution in [1.29, 1.82) is 0 Å². The van der Waals surface area contributed by atoms with Gasteiger partial charge < -0.3 is 14.2 Å². The molecule has 0 aromatic heterocycles. The molecule has 0 aliphatic heterocycles. The van der Waals surface area contributed by atoms with E-state index in [1.54, 1.807) is 0 Å². The lowest BCUT2D eigenvalue weighted by atomic mass is 10.1. The molecule has 0 radical (unpaired) electrons. The predicted octanol–water partition coefficient (Wildman–Crippen LogP) is 16.3. The molecule has 0 rings (SSSR count). The number of rotatable bonds is 42. The average Bonchev–Trinajstić information content (AvgIpc) is 3.28. The first-order valence-electron chi connectivity index (χ1n) is 24.8. The van der Waals surface area contributed by atoms with Gasteiger partial charge in [0.1, 0.15) is 13.2 Å². The van der Waals surface area contributed by atoms with E-state index in [1.165, 1.54) is 38.5 Å². The van der Waals surface area contributed by atoms with Crippen LogP contribution >= 0.6 is 0 Å². The summed E-state index contributed by atoms with van der Waals surface area (Å²) in [6.45, 7) is 6.24. The summed E-state index contributed by atoms with van der Waals surface area (Å²) in [5, 5.41) is 0. The van der Waals surface area contributed by atoms with Crippen LogP contribution in [0.15, 0.2) is 134 Å². The fraction of sp³-hybridized carbons (Fsp3) is 0.561. The Bertz CT molecular complexity index is 1420. The smallest absolute Gasteiger partial charge is 0.306 e. The van der Waals surface area contributed by atoms with Gasteiger partial charge in [-0.05, 0) is 96.3 Å². The second-order valence-electron chi connectivity index (χ2n) is 15.8. The molecular formula is C57H88O6. The molecule has 1 atom stereocenters. The molecule has 0 spiro atoms. The minimum Gasteiger partial charge on any atom is -0.462 e. The van der Waals surface area contributed by atoms with Crippen molar-refractivity contribution in [2.75, 3.05) is 13.2 Å². The Morgan fingerprint density at radius 3 is 1.25 bits per heavy atom. The molecule has 0 aromatic rings. The summed E-state index contributed by atoms with van der Waals surface area (Å²) in [5.74, 6) is -1.02. The second kappa shape index (κ2) is 50.2. The largest absolute Gasteiger partial charge is 0.462 e. The highest BCUT2D eigenvalue weighted by Gasteiger charge is 2.19. The van der Waals surface area contributed by atoms with Crippen LogP contribution in [-0.4, -0.2) is 37.2 Å². The number of hydrogen-bond acceptors (Lipinski definition) is 6. The van der Waals surface area contributed by atoms with Gasteiger partial charge in [0, 0.05) is 19.3 Å². The van der Waals surface area contributed by atoms with E-state index in [0.717, 1.165) is 96.3 Å². The van der Waals surface area contributed by atoms with E-state index in [0.29, 0.717) is 25.7 Å². The van der Waals surface area contributed by atoms with Gasteiger partial charge in [0.25, 0.3) is 0 Å². The lowest BCUT2D eigenvalue weighted by Crippen LogP contribution is -2.30. The topological polar surface area (TPSA) is 78.9 Å². The Labute approximate surface area is 385 Å². The average molecular weight is 869 g/mol. The molecule has 0 aliphatic rings. The number of ether oxygens (including phenoxy) is 3. The fourth-order valence-electron chi connectivity index (χ4n) is 6.11. The maximum absolute atomic E-state index is 12.8. The highest BCUT2D eigenvalue weighted by molar-refractivity contribution is 5.71. The van der Waals surface area contributed by atoms with Gasteiger partial charge in [-0.25, -0.2) is 0 Å². The molecule has 0 heterocycles. The zero-order chi connectivity index (χ0) is 45.8. The van der Waals surface area contributed by atoms with Crippen LogP contribution in [0.2, 0.25) is 0 Å². The van der Waals surface area contributed by atoms with E-state index in [-0.39, 0.29) is 37.5 Å². The Kier molecular flexibility index (Phi) is 46.7. The summed E-state index contributed by atoms with van der Waals surface area (Å²) in [5.41, 5.74) is 0. The molecule has 0 aliphatic carbocycles. The van der Waals surface area contributed by atoms with E-state index < -0.39 is 6.10 Å². The lowest BCUT2D eigenvalue weighted by molar-refractivity contribution is -0.167. The van der Waals surface area contributed by atoms with Gasteiger partial charge in [0.2, 0.25) is 0 Å². The Hall–Kier alpha value is -4.45. The number of unbranched alkanes of at least 4 members (excludes halogenated alkanes) is 14. The third-order valence-corrected chi connectivity index (χ3v) is 9.78. The molecular weight excluding hydrogens is 781 g/mol. The molecule has 0 fully saturated rings. The van der Waals surface area contributed by atoms with E-state index >= 15 is 0 Å². The summed E-state index contributed by atoms with van der Waals surface area (Å²) >= 11 is 0. The van der Waals surface area contributed by atoms with Gasteiger partial charge in [0.15, 0.2) is 6.10 Å².